The third-order valence-electron chi connectivity index (χ3n) is 7.73. The largest absolute Gasteiger partial charge is 0.480 e. The lowest BCUT2D eigenvalue weighted by atomic mass is 10.1. The molecule has 0 rings (SSSR count). The van der Waals surface area contributed by atoms with Gasteiger partial charge in [-0.3, -0.25) is 14.4 Å². The van der Waals surface area contributed by atoms with Crippen LogP contribution in [0.3, 0.4) is 0 Å². The van der Waals surface area contributed by atoms with Gasteiger partial charge >= 0.3 is 11.9 Å². The number of aliphatic hydroxyl groups is 1. The fourth-order valence-electron chi connectivity index (χ4n) is 4.85. The Morgan fingerprint density at radius 1 is 0.653 bits per heavy atom. The fraction of sp³-hybridized carbons (Fsp3) is 0.650. The van der Waals surface area contributed by atoms with Crippen molar-refractivity contribution in [2.24, 2.45) is 0 Å². The second-order valence-corrected chi connectivity index (χ2v) is 12.3. The van der Waals surface area contributed by atoms with Gasteiger partial charge in [-0.15, -0.1) is 0 Å². The summed E-state index contributed by atoms with van der Waals surface area (Å²) in [5.41, 5.74) is 0. The van der Waals surface area contributed by atoms with Gasteiger partial charge in [0, 0.05) is 12.8 Å². The van der Waals surface area contributed by atoms with E-state index in [1.807, 2.05) is 12.2 Å². The lowest BCUT2D eigenvalue weighted by Gasteiger charge is -2.15. The minimum absolute atomic E-state index is 0.175. The molecular weight excluding hydrogens is 620 g/mol. The summed E-state index contributed by atoms with van der Waals surface area (Å²) < 4.78 is 5.83. The first-order chi connectivity index (χ1) is 23.8. The molecule has 0 heterocycles. The van der Waals surface area contributed by atoms with E-state index in [9.17, 15) is 19.2 Å². The molecule has 0 aromatic carbocycles. The van der Waals surface area contributed by atoms with Crippen molar-refractivity contribution in [3.05, 3.63) is 60.8 Å². The number of hydrogen-bond donors (Lipinski definition) is 4. The molecule has 9 heteroatoms. The van der Waals surface area contributed by atoms with Crippen LogP contribution in [0.5, 0.6) is 0 Å². The van der Waals surface area contributed by atoms with Crippen LogP contribution in [0.1, 0.15) is 142 Å². The van der Waals surface area contributed by atoms with Crippen molar-refractivity contribution in [1.29, 1.82) is 0 Å². The Kier molecular flexibility index (Phi) is 32.0. The molecule has 0 aromatic heterocycles. The van der Waals surface area contributed by atoms with Gasteiger partial charge in [-0.25, -0.2) is 4.79 Å². The molecule has 0 radical (unpaired) electrons. The van der Waals surface area contributed by atoms with Gasteiger partial charge in [-0.1, -0.05) is 107 Å². The van der Waals surface area contributed by atoms with Gasteiger partial charge in [0.1, 0.15) is 12.1 Å². The summed E-state index contributed by atoms with van der Waals surface area (Å²) in [5, 5.41) is 22.5. The van der Waals surface area contributed by atoms with Gasteiger partial charge in [0.15, 0.2) is 0 Å². The first-order valence-electron chi connectivity index (χ1n) is 18.7. The number of nitrogens with one attached hydrogen (secondary N) is 2. The van der Waals surface area contributed by atoms with Gasteiger partial charge in [0.25, 0.3) is 0 Å². The summed E-state index contributed by atoms with van der Waals surface area (Å²) in [7, 11) is 0. The van der Waals surface area contributed by atoms with Gasteiger partial charge in [0.2, 0.25) is 11.8 Å². The molecule has 0 fully saturated rings. The zero-order valence-electron chi connectivity index (χ0n) is 30.4. The number of unbranched alkanes of at least 4 members (excludes halogenated alkanes) is 10. The van der Waals surface area contributed by atoms with Crippen molar-refractivity contribution in [2.45, 2.75) is 154 Å². The van der Waals surface area contributed by atoms with Crippen LogP contribution >= 0.6 is 0 Å². The van der Waals surface area contributed by atoms with Crippen molar-refractivity contribution in [2.75, 3.05) is 13.2 Å². The smallest absolute Gasteiger partial charge is 0.328 e. The van der Waals surface area contributed by atoms with Crippen LogP contribution in [0.25, 0.3) is 0 Å². The monoisotopic (exact) mass is 686 g/mol. The second-order valence-electron chi connectivity index (χ2n) is 12.3. The van der Waals surface area contributed by atoms with Crippen LogP contribution in [-0.4, -0.2) is 59.3 Å². The highest BCUT2D eigenvalue weighted by Crippen LogP contribution is 2.14. The van der Waals surface area contributed by atoms with E-state index in [2.05, 4.69) is 73.1 Å². The van der Waals surface area contributed by atoms with Crippen LogP contribution in [0.2, 0.25) is 0 Å². The Balaban J connectivity index is 4.54. The molecule has 278 valence electrons. The van der Waals surface area contributed by atoms with Crippen LogP contribution in [0, 0.1) is 0 Å². The quantitative estimate of drug-likeness (QED) is 0.0318. The molecule has 0 aliphatic rings. The first-order valence-corrected chi connectivity index (χ1v) is 18.7. The maximum absolute atomic E-state index is 12.6. The summed E-state index contributed by atoms with van der Waals surface area (Å²) in [6, 6.07) is -1.40. The standard InChI is InChI=1S/C40H66N2O7/c1-3-5-7-9-11-13-15-17-19-21-23-28-32-39(46)49-35(29-25-22-20-18-16-14-12-10-8-6-4-2)30-26-24-27-31-37(44)41-33-38(45)42-36(34-43)40(47)48/h6,8,11-14,18,20,25,29,35-36,43H,3-5,7,9-10,15-17,19,21-24,26-28,30-34H2,1-2H3,(H,41,44)(H,42,45)(H,47,48)/b8-6-,13-11-,14-12-,20-18-,29-25-. The maximum Gasteiger partial charge on any atom is 0.328 e. The molecule has 0 saturated heterocycles. The Bertz CT molecular complexity index is 1020. The molecule has 0 aromatic rings. The predicted octanol–water partition coefficient (Wildman–Crippen LogP) is 8.20. The summed E-state index contributed by atoms with van der Waals surface area (Å²) >= 11 is 0. The molecular formula is C40H66N2O7. The molecule has 2 atom stereocenters. The summed E-state index contributed by atoms with van der Waals surface area (Å²) in [6.45, 7) is 3.26. The molecule has 49 heavy (non-hydrogen) atoms. The minimum atomic E-state index is -1.40. The van der Waals surface area contributed by atoms with Crippen LogP contribution in [0.15, 0.2) is 60.8 Å². The van der Waals surface area contributed by atoms with E-state index < -0.39 is 24.5 Å². The number of rotatable bonds is 32. The Morgan fingerprint density at radius 2 is 1.22 bits per heavy atom. The number of carboxylic acids is 1. The first kappa shape index (κ1) is 45.5. The maximum atomic E-state index is 12.6. The van der Waals surface area contributed by atoms with Gasteiger partial charge in [-0.2, -0.15) is 0 Å². The number of amides is 2. The molecule has 0 aliphatic carbocycles. The van der Waals surface area contributed by atoms with Crippen molar-refractivity contribution < 1.29 is 34.1 Å². The summed E-state index contributed by atoms with van der Waals surface area (Å²) in [5.74, 6) is -2.52. The minimum Gasteiger partial charge on any atom is -0.480 e. The van der Waals surface area contributed by atoms with Crippen molar-refractivity contribution in [3.63, 3.8) is 0 Å². The molecule has 4 N–H and O–H groups in total. The van der Waals surface area contributed by atoms with Crippen molar-refractivity contribution in [3.8, 4) is 0 Å². The van der Waals surface area contributed by atoms with E-state index in [4.69, 9.17) is 14.9 Å². The number of esters is 1. The number of aliphatic hydroxyl groups excluding tert-OH is 1. The Hall–Kier alpha value is -3.46. The average molecular weight is 687 g/mol. The SMILES string of the molecule is CC/C=C\C/C=C\C/C=C\C/C=C\C(CCCCCC(=O)NCC(=O)NC(CO)C(=O)O)OC(=O)CCCCCCC/C=C\CCCCC. The molecule has 2 amide bonds. The molecule has 0 spiro atoms. The molecule has 9 nitrogen and oxygen atoms in total. The lowest BCUT2D eigenvalue weighted by Crippen LogP contribution is -2.47. The molecule has 0 aliphatic heterocycles. The molecule has 2 unspecified atom stereocenters. The topological polar surface area (TPSA) is 142 Å². The number of carboxylic acid groups (broad SMARTS) is 1. The Morgan fingerprint density at radius 3 is 1.86 bits per heavy atom. The zero-order chi connectivity index (χ0) is 36.2. The third-order valence-corrected chi connectivity index (χ3v) is 7.73. The van der Waals surface area contributed by atoms with E-state index in [-0.39, 0.29) is 30.9 Å². The highest BCUT2D eigenvalue weighted by Gasteiger charge is 2.18. The van der Waals surface area contributed by atoms with Crippen molar-refractivity contribution in [1.82, 2.24) is 10.6 Å². The second kappa shape index (κ2) is 34.4. The number of allylic oxidation sites excluding steroid dienone is 9. The number of carbonyl (C=O) groups excluding carboxylic acids is 3. The average Bonchev–Trinajstić information content (AvgIpc) is 3.08. The van der Waals surface area contributed by atoms with E-state index in [0.717, 1.165) is 64.2 Å². The van der Waals surface area contributed by atoms with Crippen LogP contribution in [0.4, 0.5) is 0 Å². The van der Waals surface area contributed by atoms with E-state index in [1.165, 1.54) is 38.5 Å². The number of hydrogen-bond acceptors (Lipinski definition) is 6. The molecule has 0 saturated carbocycles. The van der Waals surface area contributed by atoms with Gasteiger partial charge < -0.3 is 25.6 Å². The third kappa shape index (κ3) is 31.6. The van der Waals surface area contributed by atoms with Gasteiger partial charge in [0.05, 0.1) is 13.2 Å². The highest BCUT2D eigenvalue weighted by molar-refractivity contribution is 5.87. The van der Waals surface area contributed by atoms with Crippen molar-refractivity contribution >= 4 is 23.8 Å². The predicted molar refractivity (Wildman–Crippen MR) is 199 cm³/mol. The van der Waals surface area contributed by atoms with Crippen LogP contribution < -0.4 is 10.6 Å². The summed E-state index contributed by atoms with van der Waals surface area (Å²) in [6.07, 6.45) is 39.7. The number of aliphatic carboxylic acids is 1. The highest BCUT2D eigenvalue weighted by atomic mass is 16.5. The van der Waals surface area contributed by atoms with Crippen LogP contribution in [-0.2, 0) is 23.9 Å². The zero-order valence-corrected chi connectivity index (χ0v) is 30.4. The normalized spacial score (nSPS) is 13.2. The van der Waals surface area contributed by atoms with E-state index in [0.29, 0.717) is 19.3 Å². The molecule has 0 bridgehead atoms. The Labute approximate surface area is 296 Å². The van der Waals surface area contributed by atoms with E-state index >= 15 is 0 Å². The van der Waals surface area contributed by atoms with Gasteiger partial charge in [-0.05, 0) is 83.1 Å². The fourth-order valence-corrected chi connectivity index (χ4v) is 4.85. The summed E-state index contributed by atoms with van der Waals surface area (Å²) in [4.78, 5) is 47.5. The lowest BCUT2D eigenvalue weighted by molar-refractivity contribution is -0.147. The van der Waals surface area contributed by atoms with E-state index in [1.54, 1.807) is 0 Å². The number of ether oxygens (including phenoxy) is 1. The number of carbonyl (C=O) groups is 4.